The molecule has 90 valence electrons. The Morgan fingerprint density at radius 1 is 1.35 bits per heavy atom. The van der Waals surface area contributed by atoms with E-state index in [1.165, 1.54) is 0 Å². The maximum Gasteiger partial charge on any atom is 0.183 e. The standard InChI is InChI=1S/C11H15N5O/c1-2-8-14-10-9(12-7-13-10)11(15-8)16-3-5-17-6-4-16/h7H,2-6H2,1H3,(H,12,13,14,15). The Morgan fingerprint density at radius 2 is 2.18 bits per heavy atom. The highest BCUT2D eigenvalue weighted by Crippen LogP contribution is 2.21. The van der Waals surface area contributed by atoms with Crippen molar-refractivity contribution in [2.24, 2.45) is 0 Å². The number of rotatable bonds is 2. The normalized spacial score (nSPS) is 16.6. The Morgan fingerprint density at radius 3 is 2.94 bits per heavy atom. The summed E-state index contributed by atoms with van der Waals surface area (Å²) in [4.78, 5) is 18.6. The maximum atomic E-state index is 5.36. The van der Waals surface area contributed by atoms with Gasteiger partial charge in [-0.15, -0.1) is 0 Å². The van der Waals surface area contributed by atoms with Crippen molar-refractivity contribution in [3.63, 3.8) is 0 Å². The number of anilines is 1. The van der Waals surface area contributed by atoms with Gasteiger partial charge in [0.15, 0.2) is 11.5 Å². The lowest BCUT2D eigenvalue weighted by molar-refractivity contribution is 0.122. The van der Waals surface area contributed by atoms with Gasteiger partial charge >= 0.3 is 0 Å². The van der Waals surface area contributed by atoms with Gasteiger partial charge in [-0.2, -0.15) is 0 Å². The summed E-state index contributed by atoms with van der Waals surface area (Å²) < 4.78 is 5.36. The van der Waals surface area contributed by atoms with E-state index in [1.807, 2.05) is 0 Å². The van der Waals surface area contributed by atoms with Gasteiger partial charge in [-0.3, -0.25) is 0 Å². The van der Waals surface area contributed by atoms with Crippen molar-refractivity contribution in [2.45, 2.75) is 13.3 Å². The fraction of sp³-hybridized carbons (Fsp3) is 0.545. The van der Waals surface area contributed by atoms with E-state index in [4.69, 9.17) is 4.74 Å². The highest BCUT2D eigenvalue weighted by Gasteiger charge is 2.18. The fourth-order valence-electron chi connectivity index (χ4n) is 2.02. The SMILES string of the molecule is CCc1nc(N2CCOCC2)c2[nH]cnc2n1. The minimum atomic E-state index is 0.748. The molecule has 1 aliphatic rings. The van der Waals surface area contributed by atoms with Crippen molar-refractivity contribution in [1.29, 1.82) is 0 Å². The Hall–Kier alpha value is -1.69. The second kappa shape index (κ2) is 4.29. The monoisotopic (exact) mass is 233 g/mol. The number of nitrogens with one attached hydrogen (secondary N) is 1. The van der Waals surface area contributed by atoms with Gasteiger partial charge in [0.25, 0.3) is 0 Å². The van der Waals surface area contributed by atoms with Gasteiger partial charge in [-0.25, -0.2) is 15.0 Å². The molecular formula is C11H15N5O. The summed E-state index contributed by atoms with van der Waals surface area (Å²) >= 11 is 0. The molecule has 1 aliphatic heterocycles. The first kappa shape index (κ1) is 10.5. The van der Waals surface area contributed by atoms with Crippen molar-refractivity contribution in [3.8, 4) is 0 Å². The van der Waals surface area contributed by atoms with Gasteiger partial charge < -0.3 is 14.6 Å². The minimum Gasteiger partial charge on any atom is -0.378 e. The van der Waals surface area contributed by atoms with E-state index in [-0.39, 0.29) is 0 Å². The topological polar surface area (TPSA) is 66.9 Å². The number of hydrogen-bond donors (Lipinski definition) is 1. The van der Waals surface area contributed by atoms with Crippen LogP contribution in [-0.4, -0.2) is 46.2 Å². The lowest BCUT2D eigenvalue weighted by Gasteiger charge is -2.28. The van der Waals surface area contributed by atoms with Crippen LogP contribution in [0.2, 0.25) is 0 Å². The third-order valence-corrected chi connectivity index (χ3v) is 2.94. The van der Waals surface area contributed by atoms with Crippen molar-refractivity contribution >= 4 is 17.0 Å². The van der Waals surface area contributed by atoms with E-state index in [9.17, 15) is 0 Å². The third kappa shape index (κ3) is 1.84. The predicted molar refractivity (Wildman–Crippen MR) is 64.1 cm³/mol. The lowest BCUT2D eigenvalue weighted by Crippen LogP contribution is -2.37. The molecule has 6 nitrogen and oxygen atoms in total. The van der Waals surface area contributed by atoms with Gasteiger partial charge in [0.05, 0.1) is 19.5 Å². The molecular weight excluding hydrogens is 218 g/mol. The average Bonchev–Trinajstić information content (AvgIpc) is 2.86. The van der Waals surface area contributed by atoms with Crippen molar-refractivity contribution in [1.82, 2.24) is 19.9 Å². The first-order chi connectivity index (χ1) is 8.38. The van der Waals surface area contributed by atoms with Crippen LogP contribution in [0.5, 0.6) is 0 Å². The van der Waals surface area contributed by atoms with Crippen LogP contribution < -0.4 is 4.90 Å². The molecule has 0 amide bonds. The molecule has 2 aromatic heterocycles. The van der Waals surface area contributed by atoms with Crippen LogP contribution in [0.1, 0.15) is 12.7 Å². The van der Waals surface area contributed by atoms with Crippen LogP contribution in [0.25, 0.3) is 11.2 Å². The Bertz CT molecular complexity index is 518. The predicted octanol–water partition coefficient (Wildman–Crippen LogP) is 0.752. The number of morpholine rings is 1. The number of aryl methyl sites for hydroxylation is 1. The summed E-state index contributed by atoms with van der Waals surface area (Å²) in [5.74, 6) is 1.79. The highest BCUT2D eigenvalue weighted by atomic mass is 16.5. The van der Waals surface area contributed by atoms with Gasteiger partial charge in [0, 0.05) is 19.5 Å². The molecule has 0 atom stereocenters. The van der Waals surface area contributed by atoms with E-state index >= 15 is 0 Å². The van der Waals surface area contributed by atoms with Gasteiger partial charge in [0.2, 0.25) is 0 Å². The fourth-order valence-corrected chi connectivity index (χ4v) is 2.02. The Labute approximate surface area is 99.0 Å². The summed E-state index contributed by atoms with van der Waals surface area (Å²) in [5, 5.41) is 0. The smallest absolute Gasteiger partial charge is 0.183 e. The van der Waals surface area contributed by atoms with Crippen LogP contribution >= 0.6 is 0 Å². The number of hydrogen-bond acceptors (Lipinski definition) is 5. The first-order valence-corrected chi connectivity index (χ1v) is 5.91. The maximum absolute atomic E-state index is 5.36. The molecule has 2 aromatic rings. The Balaban J connectivity index is 2.08. The molecule has 0 aliphatic carbocycles. The molecule has 0 bridgehead atoms. The summed E-state index contributed by atoms with van der Waals surface area (Å²) in [6.45, 7) is 5.29. The van der Waals surface area contributed by atoms with Crippen molar-refractivity contribution in [2.75, 3.05) is 31.2 Å². The number of H-pyrrole nitrogens is 1. The molecule has 3 heterocycles. The van der Waals surface area contributed by atoms with Crippen LogP contribution in [0.15, 0.2) is 6.33 Å². The summed E-state index contributed by atoms with van der Waals surface area (Å²) in [7, 11) is 0. The van der Waals surface area contributed by atoms with Crippen LogP contribution in [0.3, 0.4) is 0 Å². The van der Waals surface area contributed by atoms with Crippen molar-refractivity contribution in [3.05, 3.63) is 12.2 Å². The third-order valence-electron chi connectivity index (χ3n) is 2.94. The minimum absolute atomic E-state index is 0.748. The zero-order chi connectivity index (χ0) is 11.7. The molecule has 0 radical (unpaired) electrons. The van der Waals surface area contributed by atoms with Crippen LogP contribution in [0.4, 0.5) is 5.82 Å². The van der Waals surface area contributed by atoms with E-state index in [0.717, 1.165) is 55.5 Å². The molecule has 6 heteroatoms. The zero-order valence-corrected chi connectivity index (χ0v) is 9.81. The number of imidazole rings is 1. The molecule has 3 rings (SSSR count). The molecule has 17 heavy (non-hydrogen) atoms. The second-order valence-corrected chi connectivity index (χ2v) is 4.02. The quantitative estimate of drug-likeness (QED) is 0.829. The van der Waals surface area contributed by atoms with Crippen molar-refractivity contribution < 1.29 is 4.74 Å². The molecule has 0 saturated carbocycles. The van der Waals surface area contributed by atoms with E-state index in [0.29, 0.717) is 0 Å². The molecule has 1 N–H and O–H groups in total. The molecule has 1 fully saturated rings. The molecule has 0 aromatic carbocycles. The summed E-state index contributed by atoms with van der Waals surface area (Å²) in [6, 6.07) is 0. The number of fused-ring (bicyclic) bond motifs is 1. The second-order valence-electron chi connectivity index (χ2n) is 4.02. The molecule has 0 unspecified atom stereocenters. The molecule has 0 spiro atoms. The summed E-state index contributed by atoms with van der Waals surface area (Å²) in [5.41, 5.74) is 1.67. The van der Waals surface area contributed by atoms with E-state index in [1.54, 1.807) is 6.33 Å². The van der Waals surface area contributed by atoms with Gasteiger partial charge in [0.1, 0.15) is 11.3 Å². The van der Waals surface area contributed by atoms with Gasteiger partial charge in [-0.1, -0.05) is 6.92 Å². The zero-order valence-electron chi connectivity index (χ0n) is 9.81. The number of nitrogens with zero attached hydrogens (tertiary/aromatic N) is 4. The number of aromatic nitrogens is 4. The molecule has 1 saturated heterocycles. The Kier molecular flexibility index (Phi) is 2.64. The number of ether oxygens (including phenoxy) is 1. The summed E-state index contributed by atoms with van der Waals surface area (Å²) in [6.07, 6.45) is 2.49. The first-order valence-electron chi connectivity index (χ1n) is 5.91. The van der Waals surface area contributed by atoms with Gasteiger partial charge in [-0.05, 0) is 0 Å². The van der Waals surface area contributed by atoms with Crippen LogP contribution in [-0.2, 0) is 11.2 Å². The average molecular weight is 233 g/mol. The van der Waals surface area contributed by atoms with E-state index in [2.05, 4.69) is 31.8 Å². The van der Waals surface area contributed by atoms with Crippen LogP contribution in [0, 0.1) is 0 Å². The number of aromatic amines is 1. The highest BCUT2D eigenvalue weighted by molar-refractivity contribution is 5.83. The van der Waals surface area contributed by atoms with E-state index < -0.39 is 0 Å². The lowest BCUT2D eigenvalue weighted by atomic mass is 10.3. The largest absolute Gasteiger partial charge is 0.378 e.